The van der Waals surface area contributed by atoms with Crippen LogP contribution in [0.15, 0.2) is 75.6 Å². The molecule has 0 bridgehead atoms. The fourth-order valence-electron chi connectivity index (χ4n) is 3.60. The average molecular weight is 648 g/mol. The maximum absolute atomic E-state index is 12.9. The van der Waals surface area contributed by atoms with Crippen LogP contribution in [-0.4, -0.2) is 23.7 Å². The summed E-state index contributed by atoms with van der Waals surface area (Å²) in [6.07, 6.45) is -3.02. The smallest absolute Gasteiger partial charge is 0.416 e. The van der Waals surface area contributed by atoms with Crippen LogP contribution in [0, 0.1) is 6.92 Å². The number of benzene rings is 3. The van der Waals surface area contributed by atoms with Crippen LogP contribution in [0.3, 0.4) is 0 Å². The number of thiazole rings is 1. The van der Waals surface area contributed by atoms with Gasteiger partial charge in [0.2, 0.25) is 5.91 Å². The summed E-state index contributed by atoms with van der Waals surface area (Å²) in [6.45, 7) is 4.72. The lowest BCUT2D eigenvalue weighted by atomic mass is 10.1. The Balaban J connectivity index is 1.34. The molecule has 3 aromatic carbocycles. The van der Waals surface area contributed by atoms with Crippen molar-refractivity contribution in [2.75, 3.05) is 11.9 Å². The Hall–Kier alpha value is -3.90. The molecule has 2 N–H and O–H groups in total. The molecule has 0 fully saturated rings. The molecular formula is C29H26BrF3N4O3S. The molecule has 1 heterocycles. The lowest BCUT2D eigenvalue weighted by molar-refractivity contribution is -0.137. The van der Waals surface area contributed by atoms with Gasteiger partial charge in [0.05, 0.1) is 30.5 Å². The summed E-state index contributed by atoms with van der Waals surface area (Å²) in [7, 11) is 0. The number of hydrazone groups is 1. The van der Waals surface area contributed by atoms with Crippen LogP contribution in [0.2, 0.25) is 0 Å². The van der Waals surface area contributed by atoms with Crippen LogP contribution in [0.5, 0.6) is 11.5 Å². The molecule has 0 saturated carbocycles. The van der Waals surface area contributed by atoms with Crippen LogP contribution in [0.1, 0.15) is 34.9 Å². The molecule has 7 nitrogen and oxygen atoms in total. The Labute approximate surface area is 247 Å². The van der Waals surface area contributed by atoms with E-state index in [4.69, 9.17) is 9.47 Å². The standard InChI is InChI=1S/C29H26BrF3N4O3S/c1-3-39-25-11-20(24(30)14-26(25)40-16-19-9-7-18(2)8-10-19)15-34-37-27(38)13-23-17-41-28(36-23)35-22-6-4-5-21(12-22)29(31,32)33/h4-12,14-15,17H,3,13,16H2,1-2H3,(H,35,36)(H,37,38)/b34-15-. The van der Waals surface area contributed by atoms with Gasteiger partial charge in [-0.3, -0.25) is 4.79 Å². The van der Waals surface area contributed by atoms with Gasteiger partial charge in [0, 0.05) is 21.1 Å². The van der Waals surface area contributed by atoms with Crippen LogP contribution in [0.25, 0.3) is 0 Å². The second kappa shape index (κ2) is 13.6. The Morgan fingerprint density at radius 1 is 1.10 bits per heavy atom. The third kappa shape index (κ3) is 8.79. The van der Waals surface area contributed by atoms with Crippen molar-refractivity contribution in [1.29, 1.82) is 0 Å². The van der Waals surface area contributed by atoms with Gasteiger partial charge in [-0.1, -0.05) is 35.9 Å². The molecule has 0 saturated heterocycles. The Bertz CT molecular complexity index is 1520. The number of ether oxygens (including phenoxy) is 2. The van der Waals surface area contributed by atoms with Crippen molar-refractivity contribution >= 4 is 50.2 Å². The van der Waals surface area contributed by atoms with Gasteiger partial charge in [0.25, 0.3) is 0 Å². The van der Waals surface area contributed by atoms with Gasteiger partial charge in [-0.05, 0) is 65.7 Å². The summed E-state index contributed by atoms with van der Waals surface area (Å²) >= 11 is 4.70. The van der Waals surface area contributed by atoms with E-state index in [0.717, 1.165) is 17.7 Å². The summed E-state index contributed by atoms with van der Waals surface area (Å²) < 4.78 is 51.3. The highest BCUT2D eigenvalue weighted by atomic mass is 79.9. The lowest BCUT2D eigenvalue weighted by Gasteiger charge is -2.14. The van der Waals surface area contributed by atoms with Crippen molar-refractivity contribution in [2.24, 2.45) is 5.10 Å². The minimum atomic E-state index is -4.44. The number of aryl methyl sites for hydroxylation is 1. The van der Waals surface area contributed by atoms with E-state index in [-0.39, 0.29) is 12.1 Å². The van der Waals surface area contributed by atoms with Crippen LogP contribution >= 0.6 is 27.3 Å². The number of aromatic nitrogens is 1. The van der Waals surface area contributed by atoms with Crippen LogP contribution in [-0.2, 0) is 24.0 Å². The van der Waals surface area contributed by atoms with Crippen LogP contribution in [0.4, 0.5) is 24.0 Å². The molecule has 4 aromatic rings. The number of hydrogen-bond donors (Lipinski definition) is 2. The first-order valence-electron chi connectivity index (χ1n) is 12.5. The van der Waals surface area contributed by atoms with E-state index in [1.807, 2.05) is 38.1 Å². The topological polar surface area (TPSA) is 84.8 Å². The number of halogens is 4. The van der Waals surface area contributed by atoms with Crippen molar-refractivity contribution in [3.05, 3.63) is 98.5 Å². The predicted molar refractivity (Wildman–Crippen MR) is 157 cm³/mol. The molecule has 1 aromatic heterocycles. The summed E-state index contributed by atoms with van der Waals surface area (Å²) in [5.74, 6) is 0.703. The zero-order chi connectivity index (χ0) is 29.4. The van der Waals surface area contributed by atoms with Crippen molar-refractivity contribution in [3.8, 4) is 11.5 Å². The minimum absolute atomic E-state index is 0.0603. The molecule has 0 spiro atoms. The predicted octanol–water partition coefficient (Wildman–Crippen LogP) is 7.65. The van der Waals surface area contributed by atoms with Gasteiger partial charge in [0.1, 0.15) is 6.61 Å². The summed E-state index contributed by atoms with van der Waals surface area (Å²) in [5, 5.41) is 8.90. The number of hydrogen-bond acceptors (Lipinski definition) is 7. The highest BCUT2D eigenvalue weighted by Gasteiger charge is 2.30. The van der Waals surface area contributed by atoms with E-state index in [1.54, 1.807) is 17.5 Å². The quantitative estimate of drug-likeness (QED) is 0.129. The van der Waals surface area contributed by atoms with Crippen molar-refractivity contribution in [1.82, 2.24) is 10.4 Å². The highest BCUT2D eigenvalue weighted by molar-refractivity contribution is 9.10. The SMILES string of the molecule is CCOc1cc(/C=N\NC(=O)Cc2csc(Nc3cccc(C(F)(F)F)c3)n2)c(Br)cc1OCc1ccc(C)cc1. The lowest BCUT2D eigenvalue weighted by Crippen LogP contribution is -2.20. The van der Waals surface area contributed by atoms with Crippen molar-refractivity contribution < 1.29 is 27.4 Å². The number of nitrogens with zero attached hydrogens (tertiary/aromatic N) is 2. The Kier molecular flexibility index (Phi) is 10.0. The van der Waals surface area contributed by atoms with E-state index >= 15 is 0 Å². The molecule has 0 aliphatic rings. The largest absolute Gasteiger partial charge is 0.490 e. The minimum Gasteiger partial charge on any atom is -0.490 e. The Morgan fingerprint density at radius 2 is 1.85 bits per heavy atom. The molecule has 12 heteroatoms. The maximum Gasteiger partial charge on any atom is 0.416 e. The number of anilines is 2. The fraction of sp³-hybridized carbons (Fsp3) is 0.207. The summed E-state index contributed by atoms with van der Waals surface area (Å²) in [6, 6.07) is 16.4. The molecular weight excluding hydrogens is 621 g/mol. The monoisotopic (exact) mass is 646 g/mol. The third-order valence-corrected chi connectivity index (χ3v) is 7.10. The summed E-state index contributed by atoms with van der Waals surface area (Å²) in [4.78, 5) is 16.7. The van der Waals surface area contributed by atoms with Gasteiger partial charge in [0.15, 0.2) is 16.6 Å². The zero-order valence-electron chi connectivity index (χ0n) is 22.1. The second-order valence-electron chi connectivity index (χ2n) is 8.85. The molecule has 41 heavy (non-hydrogen) atoms. The fourth-order valence-corrected chi connectivity index (χ4v) is 4.75. The van der Waals surface area contributed by atoms with Crippen molar-refractivity contribution in [3.63, 3.8) is 0 Å². The zero-order valence-corrected chi connectivity index (χ0v) is 24.5. The van der Waals surface area contributed by atoms with Gasteiger partial charge in [-0.2, -0.15) is 18.3 Å². The maximum atomic E-state index is 12.9. The molecule has 1 amide bonds. The first-order chi connectivity index (χ1) is 19.6. The van der Waals surface area contributed by atoms with E-state index in [2.05, 4.69) is 36.8 Å². The number of carbonyl (C=O) groups excluding carboxylic acids is 1. The first kappa shape index (κ1) is 30.1. The van der Waals surface area contributed by atoms with Crippen LogP contribution < -0.4 is 20.2 Å². The number of alkyl halides is 3. The number of nitrogens with one attached hydrogen (secondary N) is 2. The number of rotatable bonds is 11. The molecule has 0 aliphatic heterocycles. The number of carbonyl (C=O) groups is 1. The summed E-state index contributed by atoms with van der Waals surface area (Å²) in [5.41, 5.74) is 5.26. The molecule has 0 unspecified atom stereocenters. The van der Waals surface area contributed by atoms with E-state index in [0.29, 0.717) is 45.6 Å². The van der Waals surface area contributed by atoms with E-state index in [1.165, 1.54) is 35.2 Å². The molecule has 4 rings (SSSR count). The molecule has 0 radical (unpaired) electrons. The third-order valence-electron chi connectivity index (χ3n) is 5.61. The first-order valence-corrected chi connectivity index (χ1v) is 14.1. The Morgan fingerprint density at radius 3 is 2.59 bits per heavy atom. The number of amides is 1. The molecule has 214 valence electrons. The molecule has 0 atom stereocenters. The highest BCUT2D eigenvalue weighted by Crippen LogP contribution is 2.34. The van der Waals surface area contributed by atoms with Crippen molar-refractivity contribution in [2.45, 2.75) is 33.1 Å². The van der Waals surface area contributed by atoms with Gasteiger partial charge in [-0.25, -0.2) is 10.4 Å². The molecule has 0 aliphatic carbocycles. The normalized spacial score (nSPS) is 11.5. The van der Waals surface area contributed by atoms with Gasteiger partial charge in [-0.15, -0.1) is 11.3 Å². The van der Waals surface area contributed by atoms with E-state index in [9.17, 15) is 18.0 Å². The van der Waals surface area contributed by atoms with Gasteiger partial charge < -0.3 is 14.8 Å². The average Bonchev–Trinajstić information content (AvgIpc) is 3.36. The second-order valence-corrected chi connectivity index (χ2v) is 10.6. The van der Waals surface area contributed by atoms with Gasteiger partial charge >= 0.3 is 6.18 Å². The van der Waals surface area contributed by atoms with E-state index < -0.39 is 17.6 Å².